The Kier molecular flexibility index (Phi) is 4.54. The van der Waals surface area contributed by atoms with Gasteiger partial charge < -0.3 is 5.11 Å². The normalized spacial score (nSPS) is 23.6. The predicted octanol–water partition coefficient (Wildman–Crippen LogP) is 4.99. The van der Waals surface area contributed by atoms with Crippen LogP contribution in [0.15, 0.2) is 18.2 Å². The first-order valence-electron chi connectivity index (χ1n) is 8.41. The Labute approximate surface area is 130 Å². The van der Waals surface area contributed by atoms with Crippen molar-refractivity contribution in [3.63, 3.8) is 0 Å². The summed E-state index contributed by atoms with van der Waals surface area (Å²) in [6.45, 7) is 13.7. The molecule has 1 saturated carbocycles. The van der Waals surface area contributed by atoms with E-state index in [1.54, 1.807) is 0 Å². The van der Waals surface area contributed by atoms with E-state index in [1.807, 2.05) is 0 Å². The van der Waals surface area contributed by atoms with Crippen LogP contribution in [-0.4, -0.2) is 11.2 Å². The maximum absolute atomic E-state index is 10.1. The van der Waals surface area contributed by atoms with E-state index in [0.29, 0.717) is 5.92 Å². The van der Waals surface area contributed by atoms with Crippen molar-refractivity contribution in [1.82, 2.24) is 0 Å². The largest absolute Gasteiger partial charge is 0.393 e. The van der Waals surface area contributed by atoms with Crippen molar-refractivity contribution in [1.29, 1.82) is 0 Å². The summed E-state index contributed by atoms with van der Waals surface area (Å²) in [5, 5.41) is 10.1. The molecule has 0 spiro atoms. The second-order valence-electron chi connectivity index (χ2n) is 8.83. The zero-order valence-electron chi connectivity index (χ0n) is 14.7. The fourth-order valence-electron chi connectivity index (χ4n) is 3.46. The Morgan fingerprint density at radius 3 is 2.14 bits per heavy atom. The Balaban J connectivity index is 2.36. The monoisotopic (exact) mass is 288 g/mol. The van der Waals surface area contributed by atoms with Gasteiger partial charge in [-0.3, -0.25) is 0 Å². The molecule has 21 heavy (non-hydrogen) atoms. The van der Waals surface area contributed by atoms with Gasteiger partial charge in [0.1, 0.15) is 0 Å². The second-order valence-corrected chi connectivity index (χ2v) is 8.83. The SMILES string of the molecule is CC(C)(C)c1ccc(CC2CCCC2O)c(C(C)(C)C)c1. The summed E-state index contributed by atoms with van der Waals surface area (Å²) in [5.41, 5.74) is 4.63. The summed E-state index contributed by atoms with van der Waals surface area (Å²) in [4.78, 5) is 0. The fraction of sp³-hybridized carbons (Fsp3) is 0.700. The van der Waals surface area contributed by atoms with Crippen LogP contribution in [0.25, 0.3) is 0 Å². The molecule has 0 aromatic heterocycles. The highest BCUT2D eigenvalue weighted by atomic mass is 16.3. The third-order valence-electron chi connectivity index (χ3n) is 4.88. The highest BCUT2D eigenvalue weighted by Crippen LogP contribution is 2.35. The van der Waals surface area contributed by atoms with Crippen LogP contribution >= 0.6 is 0 Å². The maximum Gasteiger partial charge on any atom is 0.0571 e. The van der Waals surface area contributed by atoms with E-state index < -0.39 is 0 Å². The standard InChI is InChI=1S/C20H32O/c1-19(2,3)16-11-10-14(17(13-16)20(4,5)6)12-15-8-7-9-18(15)21/h10-11,13,15,18,21H,7-9,12H2,1-6H3. The highest BCUT2D eigenvalue weighted by Gasteiger charge is 2.28. The molecule has 2 rings (SSSR count). The van der Waals surface area contributed by atoms with Crippen molar-refractivity contribution >= 4 is 0 Å². The first kappa shape index (κ1) is 16.5. The van der Waals surface area contributed by atoms with Crippen LogP contribution in [0.2, 0.25) is 0 Å². The van der Waals surface area contributed by atoms with Gasteiger partial charge in [0.15, 0.2) is 0 Å². The Hall–Kier alpha value is -0.820. The molecule has 1 aromatic rings. The minimum atomic E-state index is -0.0971. The van der Waals surface area contributed by atoms with Gasteiger partial charge in [-0.2, -0.15) is 0 Å². The van der Waals surface area contributed by atoms with E-state index in [4.69, 9.17) is 0 Å². The van der Waals surface area contributed by atoms with Crippen molar-refractivity contribution in [3.05, 3.63) is 34.9 Å². The van der Waals surface area contributed by atoms with E-state index in [0.717, 1.165) is 12.8 Å². The van der Waals surface area contributed by atoms with Crippen LogP contribution in [0.5, 0.6) is 0 Å². The summed E-state index contributed by atoms with van der Waals surface area (Å²) in [5.74, 6) is 0.451. The van der Waals surface area contributed by atoms with Gasteiger partial charge in [-0.1, -0.05) is 66.2 Å². The topological polar surface area (TPSA) is 20.2 Å². The number of hydrogen-bond donors (Lipinski definition) is 1. The highest BCUT2D eigenvalue weighted by molar-refractivity contribution is 5.39. The first-order valence-corrected chi connectivity index (χ1v) is 8.41. The number of benzene rings is 1. The maximum atomic E-state index is 10.1. The van der Waals surface area contributed by atoms with Gasteiger partial charge in [-0.15, -0.1) is 0 Å². The molecule has 1 aromatic carbocycles. The number of rotatable bonds is 2. The fourth-order valence-corrected chi connectivity index (χ4v) is 3.46. The number of hydrogen-bond acceptors (Lipinski definition) is 1. The van der Waals surface area contributed by atoms with E-state index >= 15 is 0 Å². The molecule has 1 nitrogen and oxygen atoms in total. The molecule has 2 atom stereocenters. The smallest absolute Gasteiger partial charge is 0.0571 e. The van der Waals surface area contributed by atoms with Gasteiger partial charge >= 0.3 is 0 Å². The Morgan fingerprint density at radius 1 is 1.00 bits per heavy atom. The van der Waals surface area contributed by atoms with Gasteiger partial charge in [-0.25, -0.2) is 0 Å². The van der Waals surface area contributed by atoms with Crippen molar-refractivity contribution in [2.24, 2.45) is 5.92 Å². The average molecular weight is 288 g/mol. The lowest BCUT2D eigenvalue weighted by atomic mass is 9.77. The molecule has 0 amide bonds. The second kappa shape index (κ2) is 5.76. The number of aliphatic hydroxyl groups excluding tert-OH is 1. The van der Waals surface area contributed by atoms with Gasteiger partial charge in [0.2, 0.25) is 0 Å². The molecule has 0 heterocycles. The summed E-state index contributed by atoms with van der Waals surface area (Å²) in [6, 6.07) is 6.99. The quantitative estimate of drug-likeness (QED) is 0.813. The van der Waals surface area contributed by atoms with Gasteiger partial charge in [-0.05, 0) is 52.7 Å². The Bertz CT molecular complexity index is 488. The van der Waals surface area contributed by atoms with Crippen molar-refractivity contribution in [3.8, 4) is 0 Å². The van der Waals surface area contributed by atoms with Crippen LogP contribution in [0.4, 0.5) is 0 Å². The summed E-state index contributed by atoms with van der Waals surface area (Å²) < 4.78 is 0. The molecule has 1 fully saturated rings. The molecule has 0 bridgehead atoms. The molecule has 1 N–H and O–H groups in total. The summed E-state index contributed by atoms with van der Waals surface area (Å²) in [6.07, 6.45) is 4.26. The molecule has 1 heteroatoms. The Morgan fingerprint density at radius 2 is 1.67 bits per heavy atom. The van der Waals surface area contributed by atoms with Crippen LogP contribution in [0.3, 0.4) is 0 Å². The zero-order valence-corrected chi connectivity index (χ0v) is 14.7. The average Bonchev–Trinajstić information content (AvgIpc) is 2.73. The third kappa shape index (κ3) is 3.88. The molecular formula is C20H32O. The summed E-state index contributed by atoms with van der Waals surface area (Å²) in [7, 11) is 0. The van der Waals surface area contributed by atoms with E-state index in [1.165, 1.54) is 29.5 Å². The van der Waals surface area contributed by atoms with Crippen molar-refractivity contribution in [2.45, 2.75) is 84.2 Å². The summed E-state index contributed by atoms with van der Waals surface area (Å²) >= 11 is 0. The number of aliphatic hydroxyl groups is 1. The van der Waals surface area contributed by atoms with Crippen molar-refractivity contribution < 1.29 is 5.11 Å². The first-order chi connectivity index (χ1) is 9.59. The third-order valence-corrected chi connectivity index (χ3v) is 4.88. The molecule has 2 unspecified atom stereocenters. The van der Waals surface area contributed by atoms with E-state index in [9.17, 15) is 5.11 Å². The molecule has 0 radical (unpaired) electrons. The van der Waals surface area contributed by atoms with Gasteiger partial charge in [0.25, 0.3) is 0 Å². The van der Waals surface area contributed by atoms with Crippen LogP contribution < -0.4 is 0 Å². The molecule has 0 aliphatic heterocycles. The molecule has 1 aliphatic rings. The van der Waals surface area contributed by atoms with Crippen LogP contribution in [-0.2, 0) is 17.3 Å². The zero-order chi connectivity index (χ0) is 15.8. The van der Waals surface area contributed by atoms with Crippen LogP contribution in [0.1, 0.15) is 77.5 Å². The lowest BCUT2D eigenvalue weighted by Crippen LogP contribution is -2.21. The van der Waals surface area contributed by atoms with Crippen LogP contribution in [0, 0.1) is 5.92 Å². The predicted molar refractivity (Wildman–Crippen MR) is 90.9 cm³/mol. The van der Waals surface area contributed by atoms with Crippen molar-refractivity contribution in [2.75, 3.05) is 0 Å². The van der Waals surface area contributed by atoms with E-state index in [2.05, 4.69) is 59.7 Å². The minimum Gasteiger partial charge on any atom is -0.393 e. The lowest BCUT2D eigenvalue weighted by molar-refractivity contribution is 0.132. The van der Waals surface area contributed by atoms with Gasteiger partial charge in [0.05, 0.1) is 6.10 Å². The minimum absolute atomic E-state index is 0.0971. The lowest BCUT2D eigenvalue weighted by Gasteiger charge is -2.29. The molecule has 118 valence electrons. The molecule has 0 saturated heterocycles. The van der Waals surface area contributed by atoms with E-state index in [-0.39, 0.29) is 16.9 Å². The van der Waals surface area contributed by atoms with Gasteiger partial charge in [0, 0.05) is 0 Å². The molecule has 1 aliphatic carbocycles. The molecular weight excluding hydrogens is 256 g/mol.